The zero-order valence-electron chi connectivity index (χ0n) is 21.3. The summed E-state index contributed by atoms with van der Waals surface area (Å²) in [6.07, 6.45) is 10.0. The Balaban J connectivity index is 1.47. The molecule has 2 heterocycles. The highest BCUT2D eigenvalue weighted by atomic mass is 15.0. The number of para-hydroxylation sites is 1. The van der Waals surface area contributed by atoms with Gasteiger partial charge in [-0.25, -0.2) is 4.98 Å². The van der Waals surface area contributed by atoms with Crippen LogP contribution >= 0.6 is 0 Å². The molecule has 2 aromatic heterocycles. The highest BCUT2D eigenvalue weighted by molar-refractivity contribution is 6.12. The van der Waals surface area contributed by atoms with Crippen molar-refractivity contribution in [3.8, 4) is 0 Å². The van der Waals surface area contributed by atoms with Gasteiger partial charge in [0.2, 0.25) is 0 Å². The number of imidazole rings is 1. The van der Waals surface area contributed by atoms with Crippen LogP contribution in [0.4, 0.5) is 0 Å². The van der Waals surface area contributed by atoms with Gasteiger partial charge in [0.1, 0.15) is 5.65 Å². The summed E-state index contributed by atoms with van der Waals surface area (Å²) in [7, 11) is 0. The molecule has 2 unspecified atom stereocenters. The molecular formula is C32H38N2. The lowest BCUT2D eigenvalue weighted by molar-refractivity contribution is 0.160. The normalized spacial score (nSPS) is 22.9. The van der Waals surface area contributed by atoms with Gasteiger partial charge in [-0.05, 0) is 84.1 Å². The molecule has 2 aliphatic rings. The minimum atomic E-state index is 0.486. The maximum absolute atomic E-state index is 4.99. The molecule has 0 aliphatic heterocycles. The van der Waals surface area contributed by atoms with E-state index in [2.05, 4.69) is 86.8 Å². The first-order valence-corrected chi connectivity index (χ1v) is 13.2. The van der Waals surface area contributed by atoms with E-state index in [1.54, 1.807) is 0 Å². The highest BCUT2D eigenvalue weighted by Crippen LogP contribution is 2.58. The zero-order chi connectivity index (χ0) is 23.7. The van der Waals surface area contributed by atoms with Crippen LogP contribution < -0.4 is 0 Å². The Morgan fingerprint density at radius 2 is 1.59 bits per heavy atom. The maximum Gasteiger partial charge on any atom is 0.145 e. The second kappa shape index (κ2) is 7.70. The highest BCUT2D eigenvalue weighted by Gasteiger charge is 2.48. The SMILES string of the molecule is C=C(c1cnc2c3ccccc3c3ccccc3n12)C(CC1CC1(C)C)C1CCC(C)(C)CC1. The third-order valence-corrected chi connectivity index (χ3v) is 9.35. The van der Waals surface area contributed by atoms with Gasteiger partial charge < -0.3 is 0 Å². The summed E-state index contributed by atoms with van der Waals surface area (Å²) in [5, 5.41) is 3.79. The standard InChI is InChI=1S/C32H38N2/c1-21(27(18-23-19-32(23,4)5)22-14-16-31(2,3)17-15-22)29-20-33-30-26-12-7-6-10-24(26)25-11-8-9-13-28(25)34(29)30/h6-13,20,22-23,27H,1,14-19H2,2-5H3. The lowest BCUT2D eigenvalue weighted by Gasteiger charge is -2.39. The van der Waals surface area contributed by atoms with Crippen LogP contribution in [0.5, 0.6) is 0 Å². The Morgan fingerprint density at radius 3 is 2.26 bits per heavy atom. The predicted octanol–water partition coefficient (Wildman–Crippen LogP) is 8.92. The topological polar surface area (TPSA) is 17.3 Å². The fourth-order valence-electron chi connectivity index (χ4n) is 6.74. The Morgan fingerprint density at radius 1 is 0.971 bits per heavy atom. The summed E-state index contributed by atoms with van der Waals surface area (Å²) in [6.45, 7) is 14.6. The van der Waals surface area contributed by atoms with E-state index in [0.717, 1.165) is 17.5 Å². The number of rotatable bonds is 5. The minimum absolute atomic E-state index is 0.486. The molecule has 34 heavy (non-hydrogen) atoms. The first kappa shape index (κ1) is 21.9. The van der Waals surface area contributed by atoms with Crippen molar-refractivity contribution < 1.29 is 0 Å². The second-order valence-corrected chi connectivity index (χ2v) is 12.6. The fourth-order valence-corrected chi connectivity index (χ4v) is 6.74. The minimum Gasteiger partial charge on any atom is -0.292 e. The van der Waals surface area contributed by atoms with Gasteiger partial charge in [-0.1, -0.05) is 76.7 Å². The number of aromatic nitrogens is 2. The van der Waals surface area contributed by atoms with Gasteiger partial charge in [0.05, 0.1) is 17.4 Å². The molecule has 2 saturated carbocycles. The number of hydrogen-bond acceptors (Lipinski definition) is 1. The van der Waals surface area contributed by atoms with Crippen LogP contribution in [0.3, 0.4) is 0 Å². The van der Waals surface area contributed by atoms with Crippen molar-refractivity contribution in [2.75, 3.05) is 0 Å². The molecule has 0 bridgehead atoms. The fraction of sp³-hybridized carbons (Fsp3) is 0.469. The van der Waals surface area contributed by atoms with Gasteiger partial charge in [0.15, 0.2) is 0 Å². The Kier molecular flexibility index (Phi) is 4.96. The van der Waals surface area contributed by atoms with Crippen molar-refractivity contribution in [2.45, 2.75) is 66.2 Å². The molecule has 0 radical (unpaired) electrons. The maximum atomic E-state index is 4.99. The largest absolute Gasteiger partial charge is 0.292 e. The molecule has 6 rings (SSSR count). The monoisotopic (exact) mass is 450 g/mol. The molecule has 2 atom stereocenters. The van der Waals surface area contributed by atoms with Gasteiger partial charge in [-0.15, -0.1) is 0 Å². The molecular weight excluding hydrogens is 412 g/mol. The Hall–Kier alpha value is -2.61. The van der Waals surface area contributed by atoms with Crippen molar-refractivity contribution in [1.29, 1.82) is 0 Å². The van der Waals surface area contributed by atoms with Crippen LogP contribution in [-0.4, -0.2) is 9.38 Å². The van der Waals surface area contributed by atoms with E-state index in [1.807, 2.05) is 0 Å². The van der Waals surface area contributed by atoms with E-state index >= 15 is 0 Å². The zero-order valence-corrected chi connectivity index (χ0v) is 21.3. The number of allylic oxidation sites excluding steroid dienone is 1. The second-order valence-electron chi connectivity index (χ2n) is 12.6. The molecule has 2 nitrogen and oxygen atoms in total. The smallest absolute Gasteiger partial charge is 0.145 e. The van der Waals surface area contributed by atoms with Crippen molar-refractivity contribution in [3.05, 3.63) is 67.0 Å². The molecule has 0 amide bonds. The average Bonchev–Trinajstić information content (AvgIpc) is 3.22. The van der Waals surface area contributed by atoms with E-state index in [1.165, 1.54) is 71.5 Å². The van der Waals surface area contributed by atoms with Gasteiger partial charge in [-0.3, -0.25) is 4.40 Å². The molecule has 0 N–H and O–H groups in total. The summed E-state index contributed by atoms with van der Waals surface area (Å²) < 4.78 is 2.40. The first-order chi connectivity index (χ1) is 16.3. The number of fused-ring (bicyclic) bond motifs is 6. The third kappa shape index (κ3) is 3.58. The van der Waals surface area contributed by atoms with E-state index in [0.29, 0.717) is 16.7 Å². The lowest BCUT2D eigenvalue weighted by Crippen LogP contribution is -2.27. The van der Waals surface area contributed by atoms with Gasteiger partial charge >= 0.3 is 0 Å². The van der Waals surface area contributed by atoms with Crippen LogP contribution in [0.15, 0.2) is 61.3 Å². The van der Waals surface area contributed by atoms with Gasteiger partial charge in [0.25, 0.3) is 0 Å². The van der Waals surface area contributed by atoms with Crippen molar-refractivity contribution in [2.24, 2.45) is 28.6 Å². The Bertz CT molecular complexity index is 1390. The molecule has 2 aliphatic carbocycles. The van der Waals surface area contributed by atoms with Crippen LogP contribution in [0.1, 0.15) is 71.9 Å². The van der Waals surface area contributed by atoms with Gasteiger partial charge in [0, 0.05) is 10.8 Å². The lowest BCUT2D eigenvalue weighted by atomic mass is 9.66. The first-order valence-electron chi connectivity index (χ1n) is 13.2. The Labute approximate surface area is 204 Å². The summed E-state index contributed by atoms with van der Waals surface area (Å²) in [5.74, 6) is 2.09. The molecule has 0 saturated heterocycles. The molecule has 2 aromatic carbocycles. The molecule has 4 aromatic rings. The van der Waals surface area contributed by atoms with Crippen LogP contribution in [0, 0.1) is 28.6 Å². The van der Waals surface area contributed by atoms with Crippen LogP contribution in [0.2, 0.25) is 0 Å². The summed E-state index contributed by atoms with van der Waals surface area (Å²) in [4.78, 5) is 4.99. The van der Waals surface area contributed by atoms with Crippen molar-refractivity contribution in [1.82, 2.24) is 9.38 Å². The van der Waals surface area contributed by atoms with Crippen LogP contribution in [-0.2, 0) is 0 Å². The number of nitrogens with zero attached hydrogens (tertiary/aromatic N) is 2. The van der Waals surface area contributed by atoms with Crippen molar-refractivity contribution >= 4 is 32.9 Å². The van der Waals surface area contributed by atoms with Crippen LogP contribution in [0.25, 0.3) is 32.9 Å². The number of hydrogen-bond donors (Lipinski definition) is 0. The number of benzene rings is 2. The third-order valence-electron chi connectivity index (χ3n) is 9.35. The summed E-state index contributed by atoms with van der Waals surface area (Å²) in [5.41, 5.74) is 5.79. The van der Waals surface area contributed by atoms with E-state index < -0.39 is 0 Å². The number of pyridine rings is 1. The van der Waals surface area contributed by atoms with Crippen molar-refractivity contribution in [3.63, 3.8) is 0 Å². The van der Waals surface area contributed by atoms with Gasteiger partial charge in [-0.2, -0.15) is 0 Å². The predicted molar refractivity (Wildman–Crippen MR) is 145 cm³/mol. The van der Waals surface area contributed by atoms with E-state index in [-0.39, 0.29) is 0 Å². The summed E-state index contributed by atoms with van der Waals surface area (Å²) in [6, 6.07) is 17.5. The molecule has 176 valence electrons. The molecule has 2 heteroatoms. The summed E-state index contributed by atoms with van der Waals surface area (Å²) >= 11 is 0. The quantitative estimate of drug-likeness (QED) is 0.277. The van der Waals surface area contributed by atoms with E-state index in [4.69, 9.17) is 11.6 Å². The molecule has 2 fully saturated rings. The van der Waals surface area contributed by atoms with E-state index in [9.17, 15) is 0 Å². The molecule has 0 spiro atoms. The average molecular weight is 451 g/mol.